The lowest BCUT2D eigenvalue weighted by Crippen LogP contribution is -2.40. The lowest BCUT2D eigenvalue weighted by molar-refractivity contribution is -0.108. The predicted molar refractivity (Wildman–Crippen MR) is 66.4 cm³/mol. The number of hydrogen-bond acceptors (Lipinski definition) is 5. The van der Waals surface area contributed by atoms with Crippen molar-refractivity contribution in [3.05, 3.63) is 18.2 Å². The van der Waals surface area contributed by atoms with Crippen molar-refractivity contribution < 1.29 is 14.7 Å². The van der Waals surface area contributed by atoms with E-state index in [9.17, 15) is 14.7 Å². The summed E-state index contributed by atoms with van der Waals surface area (Å²) in [4.78, 5) is 21.9. The molecule has 1 aromatic rings. The second kappa shape index (κ2) is 6.12. The molecule has 1 aromatic carbocycles. The van der Waals surface area contributed by atoms with Gasteiger partial charge in [-0.15, -0.1) is 12.6 Å². The Kier molecular flexibility index (Phi) is 4.80. The number of anilines is 1. The highest BCUT2D eigenvalue weighted by Crippen LogP contribution is 2.29. The Hall–Kier alpha value is -1.73. The Bertz CT molecular complexity index is 425. The Balaban J connectivity index is 2.56. The van der Waals surface area contributed by atoms with Crippen LogP contribution < -0.4 is 16.4 Å². The van der Waals surface area contributed by atoms with Crippen molar-refractivity contribution >= 4 is 30.6 Å². The van der Waals surface area contributed by atoms with Gasteiger partial charge in [0.2, 0.25) is 0 Å². The van der Waals surface area contributed by atoms with Gasteiger partial charge in [0.05, 0.1) is 11.7 Å². The molecule has 0 aliphatic heterocycles. The average molecular weight is 255 g/mol. The molecule has 0 aliphatic carbocycles. The van der Waals surface area contributed by atoms with Crippen LogP contribution in [-0.4, -0.2) is 30.0 Å². The van der Waals surface area contributed by atoms with Gasteiger partial charge < -0.3 is 26.3 Å². The second-order valence-corrected chi connectivity index (χ2v) is 3.79. The zero-order valence-electron chi connectivity index (χ0n) is 8.88. The van der Waals surface area contributed by atoms with Gasteiger partial charge in [-0.3, -0.25) is 0 Å². The largest absolute Gasteiger partial charge is 0.505 e. The molecule has 0 saturated carbocycles. The summed E-state index contributed by atoms with van der Waals surface area (Å²) in [5.74, 6) is -0.120. The normalized spacial score (nSPS) is 11.6. The fourth-order valence-electron chi connectivity index (χ4n) is 1.06. The molecule has 92 valence electrons. The number of thiol groups is 1. The molecule has 0 spiro atoms. The van der Waals surface area contributed by atoms with Crippen LogP contribution in [-0.2, 0) is 4.79 Å². The first-order chi connectivity index (χ1) is 8.04. The number of aromatic hydroxyl groups is 1. The molecule has 0 aromatic heterocycles. The Labute approximate surface area is 104 Å². The minimum Gasteiger partial charge on any atom is -0.505 e. The summed E-state index contributed by atoms with van der Waals surface area (Å²) in [6.07, 6.45) is 0.534. The second-order valence-electron chi connectivity index (χ2n) is 3.31. The van der Waals surface area contributed by atoms with Crippen molar-refractivity contribution in [1.29, 1.82) is 0 Å². The Morgan fingerprint density at radius 2 is 2.29 bits per heavy atom. The van der Waals surface area contributed by atoms with E-state index in [2.05, 4.69) is 23.3 Å². The molecule has 0 saturated heterocycles. The monoisotopic (exact) mass is 255 g/mol. The number of aldehydes is 1. The number of benzene rings is 1. The maximum Gasteiger partial charge on any atom is 0.319 e. The van der Waals surface area contributed by atoms with E-state index in [1.807, 2.05) is 0 Å². The van der Waals surface area contributed by atoms with Crippen molar-refractivity contribution in [2.45, 2.75) is 10.9 Å². The molecular weight excluding hydrogens is 242 g/mol. The van der Waals surface area contributed by atoms with Gasteiger partial charge in [-0.05, 0) is 12.1 Å². The van der Waals surface area contributed by atoms with E-state index in [-0.39, 0.29) is 18.0 Å². The molecular formula is C10H13N3O3S. The maximum atomic E-state index is 11.4. The van der Waals surface area contributed by atoms with Crippen LogP contribution in [0.5, 0.6) is 5.75 Å². The van der Waals surface area contributed by atoms with Crippen LogP contribution >= 0.6 is 12.6 Å². The maximum absolute atomic E-state index is 11.4. The van der Waals surface area contributed by atoms with E-state index >= 15 is 0 Å². The predicted octanol–water partition coefficient (Wildman–Crippen LogP) is 0.329. The van der Waals surface area contributed by atoms with Crippen molar-refractivity contribution in [1.82, 2.24) is 5.32 Å². The number of urea groups is 1. The third-order valence-electron chi connectivity index (χ3n) is 1.94. The van der Waals surface area contributed by atoms with E-state index in [0.29, 0.717) is 11.2 Å². The molecule has 1 rings (SSSR count). The third-order valence-corrected chi connectivity index (χ3v) is 2.30. The zero-order valence-corrected chi connectivity index (χ0v) is 9.78. The third kappa shape index (κ3) is 3.97. The highest BCUT2D eigenvalue weighted by Gasteiger charge is 2.08. The van der Waals surface area contributed by atoms with Gasteiger partial charge >= 0.3 is 6.03 Å². The minimum absolute atomic E-state index is 0.0245. The molecule has 0 unspecified atom stereocenters. The van der Waals surface area contributed by atoms with E-state index in [1.165, 1.54) is 6.07 Å². The number of hydrogen-bond donors (Lipinski definition) is 5. The SMILES string of the molecule is N[C@H](C=O)CNC(=O)Nc1cccc(S)c1O. The quantitative estimate of drug-likeness (QED) is 0.304. The summed E-state index contributed by atoms with van der Waals surface area (Å²) in [6.45, 7) is 0.0245. The van der Waals surface area contributed by atoms with Gasteiger partial charge in [-0.2, -0.15) is 0 Å². The van der Waals surface area contributed by atoms with E-state index < -0.39 is 12.1 Å². The number of carbonyl (C=O) groups excluding carboxylic acids is 2. The van der Waals surface area contributed by atoms with Gasteiger partial charge in [0.15, 0.2) is 5.75 Å². The fourth-order valence-corrected chi connectivity index (χ4v) is 1.26. The molecule has 1 atom stereocenters. The number of nitrogens with one attached hydrogen (secondary N) is 2. The first kappa shape index (κ1) is 13.3. The first-order valence-corrected chi connectivity index (χ1v) is 5.26. The number of para-hydroxylation sites is 1. The highest BCUT2D eigenvalue weighted by molar-refractivity contribution is 7.80. The van der Waals surface area contributed by atoms with Gasteiger partial charge in [0, 0.05) is 11.4 Å². The molecule has 0 heterocycles. The molecule has 7 heteroatoms. The van der Waals surface area contributed by atoms with Crippen molar-refractivity contribution in [2.24, 2.45) is 5.73 Å². The minimum atomic E-state index is -0.745. The van der Waals surface area contributed by atoms with E-state index in [4.69, 9.17) is 5.73 Å². The molecule has 0 fully saturated rings. The number of rotatable bonds is 4. The van der Waals surface area contributed by atoms with E-state index in [1.54, 1.807) is 12.1 Å². The van der Waals surface area contributed by atoms with Gasteiger partial charge in [-0.25, -0.2) is 4.79 Å². The zero-order chi connectivity index (χ0) is 12.8. The average Bonchev–Trinajstić information content (AvgIpc) is 2.32. The van der Waals surface area contributed by atoms with Gasteiger partial charge in [0.25, 0.3) is 0 Å². The lowest BCUT2D eigenvalue weighted by Gasteiger charge is -2.10. The van der Waals surface area contributed by atoms with Crippen LogP contribution in [0.3, 0.4) is 0 Å². The number of carbonyl (C=O) groups is 2. The Morgan fingerprint density at radius 3 is 2.94 bits per heavy atom. The molecule has 5 N–H and O–H groups in total. The van der Waals surface area contributed by atoms with Crippen LogP contribution in [0.15, 0.2) is 23.1 Å². The van der Waals surface area contributed by atoms with Crippen LogP contribution in [0.2, 0.25) is 0 Å². The van der Waals surface area contributed by atoms with Crippen molar-refractivity contribution in [2.75, 3.05) is 11.9 Å². The first-order valence-electron chi connectivity index (χ1n) is 4.81. The number of phenols is 1. The molecule has 6 nitrogen and oxygen atoms in total. The number of phenolic OH excluding ortho intramolecular Hbond substituents is 1. The molecule has 0 bridgehead atoms. The fraction of sp³-hybridized carbons (Fsp3) is 0.200. The van der Waals surface area contributed by atoms with Crippen LogP contribution in [0.25, 0.3) is 0 Å². The van der Waals surface area contributed by atoms with Crippen LogP contribution in [0.1, 0.15) is 0 Å². The molecule has 17 heavy (non-hydrogen) atoms. The van der Waals surface area contributed by atoms with Gasteiger partial charge in [0.1, 0.15) is 6.29 Å². The molecule has 0 radical (unpaired) electrons. The van der Waals surface area contributed by atoms with Crippen LogP contribution in [0, 0.1) is 0 Å². The molecule has 0 aliphatic rings. The standard InChI is InChI=1S/C10H13N3O3S/c11-6(5-14)4-12-10(16)13-7-2-1-3-8(17)9(7)15/h1-3,5-6,15,17H,4,11H2,(H2,12,13,16)/t6-/m0/s1. The smallest absolute Gasteiger partial charge is 0.319 e. The highest BCUT2D eigenvalue weighted by atomic mass is 32.1. The summed E-state index contributed by atoms with van der Waals surface area (Å²) >= 11 is 4.00. The summed E-state index contributed by atoms with van der Waals surface area (Å²) in [5.41, 5.74) is 5.53. The summed E-state index contributed by atoms with van der Waals surface area (Å²) < 4.78 is 0. The van der Waals surface area contributed by atoms with Crippen molar-refractivity contribution in [3.63, 3.8) is 0 Å². The summed E-state index contributed by atoms with van der Waals surface area (Å²) in [5, 5.41) is 14.4. The summed E-state index contributed by atoms with van der Waals surface area (Å²) in [6, 6.07) is 3.44. The Morgan fingerprint density at radius 1 is 1.59 bits per heavy atom. The van der Waals surface area contributed by atoms with Gasteiger partial charge in [-0.1, -0.05) is 6.07 Å². The lowest BCUT2D eigenvalue weighted by atomic mass is 10.3. The van der Waals surface area contributed by atoms with Crippen molar-refractivity contribution in [3.8, 4) is 5.75 Å². The number of amides is 2. The summed E-state index contributed by atoms with van der Waals surface area (Å²) in [7, 11) is 0. The topological polar surface area (TPSA) is 104 Å². The van der Waals surface area contributed by atoms with Crippen LogP contribution in [0.4, 0.5) is 10.5 Å². The van der Waals surface area contributed by atoms with E-state index in [0.717, 1.165) is 0 Å². The molecule has 2 amide bonds. The number of nitrogens with two attached hydrogens (primary N) is 1.